The number of aromatic amines is 1. The topological polar surface area (TPSA) is 136 Å². The van der Waals surface area contributed by atoms with Crippen LogP contribution in [0.25, 0.3) is 0 Å². The normalized spacial score (nSPS) is 21.9. The number of fused-ring (bicyclic) bond motifs is 2. The number of urea groups is 1. The number of amides is 2. The van der Waals surface area contributed by atoms with Crippen LogP contribution in [0, 0.1) is 6.92 Å². The number of ether oxygens (including phenoxy) is 4. The summed E-state index contributed by atoms with van der Waals surface area (Å²) in [5, 5.41) is 11.9. The maximum atomic E-state index is 13.5. The Bertz CT molecular complexity index is 1810. The summed E-state index contributed by atoms with van der Waals surface area (Å²) in [4.78, 5) is 43.9. The average molecular weight is 643 g/mol. The molecule has 2 aliphatic rings. The van der Waals surface area contributed by atoms with E-state index in [1.165, 1.54) is 20.6 Å². The van der Waals surface area contributed by atoms with Gasteiger partial charge in [0.15, 0.2) is 6.23 Å². The second-order valence-electron chi connectivity index (χ2n) is 12.1. The molecule has 2 N–H and O–H groups in total. The zero-order valence-corrected chi connectivity index (χ0v) is 26.9. The van der Waals surface area contributed by atoms with Crippen LogP contribution in [0.2, 0.25) is 0 Å². The fourth-order valence-corrected chi connectivity index (χ4v) is 6.61. The van der Waals surface area contributed by atoms with Gasteiger partial charge in [0.05, 0.1) is 27.4 Å². The van der Waals surface area contributed by atoms with E-state index in [0.717, 1.165) is 16.7 Å². The van der Waals surface area contributed by atoms with Crippen molar-refractivity contribution >= 4 is 6.03 Å². The van der Waals surface area contributed by atoms with Crippen LogP contribution in [0.1, 0.15) is 28.5 Å². The van der Waals surface area contributed by atoms with Crippen molar-refractivity contribution in [2.24, 2.45) is 0 Å². The van der Waals surface area contributed by atoms with E-state index in [1.807, 2.05) is 78.9 Å². The molecule has 246 valence electrons. The molecule has 2 saturated heterocycles. The first-order chi connectivity index (χ1) is 22.5. The number of aryl methyl sites for hydroxylation is 1. The lowest BCUT2D eigenvalue weighted by Gasteiger charge is -2.41. The van der Waals surface area contributed by atoms with E-state index in [4.69, 9.17) is 18.9 Å². The Morgan fingerprint density at radius 2 is 1.51 bits per heavy atom. The third-order valence-corrected chi connectivity index (χ3v) is 9.06. The third-order valence-electron chi connectivity index (χ3n) is 9.06. The van der Waals surface area contributed by atoms with Crippen LogP contribution < -0.4 is 20.7 Å². The molecule has 3 heterocycles. The summed E-state index contributed by atoms with van der Waals surface area (Å²) in [6, 6.07) is 23.5. The number of H-pyrrole nitrogens is 1. The molecule has 0 spiro atoms. The monoisotopic (exact) mass is 642 g/mol. The Labute approximate surface area is 271 Å². The van der Waals surface area contributed by atoms with Crippen molar-refractivity contribution in [1.29, 1.82) is 0 Å². The molecule has 0 unspecified atom stereocenters. The van der Waals surface area contributed by atoms with Crippen molar-refractivity contribution < 1.29 is 28.8 Å². The van der Waals surface area contributed by atoms with Gasteiger partial charge in [0.1, 0.15) is 34.8 Å². The number of rotatable bonds is 9. The molecular weight excluding hydrogens is 604 g/mol. The van der Waals surface area contributed by atoms with E-state index in [0.29, 0.717) is 11.5 Å². The van der Waals surface area contributed by atoms with Crippen LogP contribution in [0.3, 0.4) is 0 Å². The first-order valence-corrected chi connectivity index (χ1v) is 15.2. The molecule has 0 aliphatic carbocycles. The number of hydrogen-bond donors (Lipinski definition) is 2. The van der Waals surface area contributed by atoms with Gasteiger partial charge in [0, 0.05) is 25.9 Å². The first-order valence-electron chi connectivity index (χ1n) is 15.2. The lowest BCUT2D eigenvalue weighted by Crippen LogP contribution is -2.54. The standard InChI is InChI=1S/C35H38N4O8/c1-22-19-38(32(42)36-30(22)41)31-28-29(40)34(47-31,20-39(28)33(43)37(2)3)21-46-35(23-9-7-6-8-10-23,24-11-15-26(44-4)16-12-24)25-13-17-27(45-5)18-14-25/h6-19,28-29,31,40H,20-21H2,1-5H3,(H,36,41,42)/t28-,29+,31-,34-/m1/s1. The molecule has 2 bridgehead atoms. The minimum atomic E-state index is -1.44. The number of aliphatic hydroxyl groups excluding tert-OH is 1. The van der Waals surface area contributed by atoms with E-state index >= 15 is 0 Å². The van der Waals surface area contributed by atoms with Gasteiger partial charge in [-0.2, -0.15) is 0 Å². The number of likely N-dealkylation sites (tertiary alicyclic amines) is 1. The molecule has 2 fully saturated rings. The van der Waals surface area contributed by atoms with Crippen LogP contribution in [-0.4, -0.2) is 89.7 Å². The Morgan fingerprint density at radius 3 is 2.04 bits per heavy atom. The van der Waals surface area contributed by atoms with Gasteiger partial charge in [-0.15, -0.1) is 0 Å². The van der Waals surface area contributed by atoms with E-state index in [1.54, 1.807) is 35.2 Å². The number of aliphatic hydroxyl groups is 1. The molecule has 4 atom stereocenters. The van der Waals surface area contributed by atoms with Crippen molar-refractivity contribution in [3.63, 3.8) is 0 Å². The lowest BCUT2D eigenvalue weighted by atomic mass is 9.79. The summed E-state index contributed by atoms with van der Waals surface area (Å²) in [6.07, 6.45) is -0.951. The third kappa shape index (κ3) is 5.37. The van der Waals surface area contributed by atoms with E-state index in [2.05, 4.69) is 4.98 Å². The number of nitrogens with one attached hydrogen (secondary N) is 1. The van der Waals surface area contributed by atoms with Crippen LogP contribution in [0.4, 0.5) is 4.79 Å². The maximum absolute atomic E-state index is 13.5. The van der Waals surface area contributed by atoms with Gasteiger partial charge in [-0.25, -0.2) is 9.59 Å². The highest BCUT2D eigenvalue weighted by Crippen LogP contribution is 2.49. The summed E-state index contributed by atoms with van der Waals surface area (Å²) in [6.45, 7) is 1.39. The number of methoxy groups -OCH3 is 2. The molecule has 12 heteroatoms. The Hall–Kier alpha value is -4.91. The molecule has 12 nitrogen and oxygen atoms in total. The van der Waals surface area contributed by atoms with Gasteiger partial charge >= 0.3 is 11.7 Å². The van der Waals surface area contributed by atoms with Gasteiger partial charge in [0.25, 0.3) is 5.56 Å². The lowest BCUT2D eigenvalue weighted by molar-refractivity contribution is -0.174. The van der Waals surface area contributed by atoms with Crippen molar-refractivity contribution in [2.75, 3.05) is 41.5 Å². The Kier molecular flexibility index (Phi) is 8.43. The number of carbonyl (C=O) groups is 1. The summed E-state index contributed by atoms with van der Waals surface area (Å²) in [5.41, 5.74) is -1.27. The van der Waals surface area contributed by atoms with Crippen LogP contribution in [0.15, 0.2) is 94.6 Å². The van der Waals surface area contributed by atoms with Crippen molar-refractivity contribution in [2.45, 2.75) is 36.5 Å². The molecule has 4 aromatic rings. The summed E-state index contributed by atoms with van der Waals surface area (Å²) in [5.74, 6) is 1.33. The smallest absolute Gasteiger partial charge is 0.330 e. The number of carbonyl (C=O) groups excluding carboxylic acids is 1. The number of morpholine rings is 1. The van der Waals surface area contributed by atoms with Gasteiger partial charge in [-0.3, -0.25) is 14.3 Å². The van der Waals surface area contributed by atoms with Gasteiger partial charge in [-0.05, 0) is 47.9 Å². The van der Waals surface area contributed by atoms with Crippen LogP contribution in [-0.2, 0) is 15.1 Å². The quantitative estimate of drug-likeness (QED) is 0.266. The molecule has 0 saturated carbocycles. The maximum Gasteiger partial charge on any atom is 0.330 e. The summed E-state index contributed by atoms with van der Waals surface area (Å²) >= 11 is 0. The zero-order valence-electron chi connectivity index (χ0n) is 26.9. The molecule has 2 amide bonds. The molecule has 2 aliphatic heterocycles. The molecule has 1 aromatic heterocycles. The highest BCUT2D eigenvalue weighted by Gasteiger charge is 2.66. The average Bonchev–Trinajstić information content (AvgIpc) is 3.53. The second kappa shape index (κ2) is 12.4. The Morgan fingerprint density at radius 1 is 0.957 bits per heavy atom. The highest BCUT2D eigenvalue weighted by molar-refractivity contribution is 5.75. The van der Waals surface area contributed by atoms with Crippen molar-refractivity contribution in [3.05, 3.63) is 128 Å². The van der Waals surface area contributed by atoms with Gasteiger partial charge in [0.2, 0.25) is 0 Å². The molecule has 47 heavy (non-hydrogen) atoms. The largest absolute Gasteiger partial charge is 0.497 e. The predicted octanol–water partition coefficient (Wildman–Crippen LogP) is 2.87. The van der Waals surface area contributed by atoms with Crippen molar-refractivity contribution in [1.82, 2.24) is 19.4 Å². The fourth-order valence-electron chi connectivity index (χ4n) is 6.61. The molecule has 0 radical (unpaired) electrons. The number of benzene rings is 3. The highest BCUT2D eigenvalue weighted by atomic mass is 16.6. The zero-order chi connectivity index (χ0) is 33.5. The number of nitrogens with zero attached hydrogens (tertiary/aromatic N) is 3. The number of aromatic nitrogens is 2. The molecule has 3 aromatic carbocycles. The predicted molar refractivity (Wildman–Crippen MR) is 173 cm³/mol. The first kappa shape index (κ1) is 32.0. The van der Waals surface area contributed by atoms with Crippen LogP contribution in [0.5, 0.6) is 11.5 Å². The van der Waals surface area contributed by atoms with Crippen LogP contribution >= 0.6 is 0 Å². The van der Waals surface area contributed by atoms with Crippen molar-refractivity contribution in [3.8, 4) is 11.5 Å². The van der Waals surface area contributed by atoms with Gasteiger partial charge in [-0.1, -0.05) is 54.6 Å². The number of hydrogen-bond acceptors (Lipinski definition) is 8. The Balaban J connectivity index is 1.49. The SMILES string of the molecule is COc1ccc(C(OC[C@@]23CN(C(=O)N(C)C)[C@@H]([C@H](n4cc(C)c(=O)[nH]c4=O)O2)[C@@H]3O)(c2ccccc2)c2ccc(OC)cc2)cc1. The molecule has 6 rings (SSSR count). The van der Waals surface area contributed by atoms with E-state index in [9.17, 15) is 19.5 Å². The summed E-state index contributed by atoms with van der Waals surface area (Å²) < 4.78 is 25.8. The molecular formula is C35H38N4O8. The van der Waals surface area contributed by atoms with Gasteiger partial charge < -0.3 is 33.9 Å². The fraction of sp³-hybridized carbons (Fsp3) is 0.343. The van der Waals surface area contributed by atoms with E-state index < -0.39 is 40.8 Å². The van der Waals surface area contributed by atoms with E-state index in [-0.39, 0.29) is 24.7 Å². The minimum absolute atomic E-state index is 0.000469. The summed E-state index contributed by atoms with van der Waals surface area (Å²) in [7, 11) is 6.42. The minimum Gasteiger partial charge on any atom is -0.497 e. The second-order valence-corrected chi connectivity index (χ2v) is 12.1.